The summed E-state index contributed by atoms with van der Waals surface area (Å²) in [5.74, 6) is -0.366. The van der Waals surface area contributed by atoms with E-state index in [1.54, 1.807) is 35.8 Å². The number of aromatic nitrogens is 2. The van der Waals surface area contributed by atoms with E-state index >= 15 is 0 Å². The third-order valence-electron chi connectivity index (χ3n) is 5.23. The fourth-order valence-electron chi connectivity index (χ4n) is 3.66. The smallest absolute Gasteiger partial charge is 0.297 e. The first-order valence-corrected chi connectivity index (χ1v) is 10.1. The Morgan fingerprint density at radius 2 is 1.83 bits per heavy atom. The standard InChI is InChI=1S/C21H14ClN3O3S/c1-10-7-14-15(8-11(10)2)28-19-16(18(14)26)17(12-3-5-13(22)6-4-12)25(20(19)27)21-24-23-9-29-21/h3-9,17H,1-2H3. The zero-order valence-corrected chi connectivity index (χ0v) is 17.0. The summed E-state index contributed by atoms with van der Waals surface area (Å²) in [5.41, 5.74) is 4.75. The topological polar surface area (TPSA) is 76.3 Å². The number of fused-ring (bicyclic) bond motifs is 2. The van der Waals surface area contributed by atoms with Crippen LogP contribution in [0.3, 0.4) is 0 Å². The largest absolute Gasteiger partial charge is 0.450 e. The van der Waals surface area contributed by atoms with Crippen LogP contribution in [0.15, 0.2) is 51.1 Å². The van der Waals surface area contributed by atoms with E-state index in [1.165, 1.54) is 16.2 Å². The molecule has 1 aliphatic heterocycles. The first-order chi connectivity index (χ1) is 14.0. The van der Waals surface area contributed by atoms with Gasteiger partial charge < -0.3 is 4.42 Å². The molecule has 0 spiro atoms. The molecule has 1 unspecified atom stereocenters. The molecule has 2 aromatic heterocycles. The van der Waals surface area contributed by atoms with Crippen LogP contribution in [0.2, 0.25) is 5.02 Å². The van der Waals surface area contributed by atoms with E-state index in [2.05, 4.69) is 10.2 Å². The van der Waals surface area contributed by atoms with Crippen LogP contribution in [0.1, 0.15) is 38.9 Å². The van der Waals surface area contributed by atoms with Gasteiger partial charge in [-0.05, 0) is 54.8 Å². The molecule has 1 atom stereocenters. The van der Waals surface area contributed by atoms with Gasteiger partial charge in [0.05, 0.1) is 17.0 Å². The van der Waals surface area contributed by atoms with Crippen molar-refractivity contribution < 1.29 is 9.21 Å². The van der Waals surface area contributed by atoms with E-state index in [4.69, 9.17) is 16.0 Å². The third-order valence-corrected chi connectivity index (χ3v) is 6.17. The highest BCUT2D eigenvalue weighted by Gasteiger charge is 2.44. The minimum absolute atomic E-state index is 0.0425. The Balaban J connectivity index is 1.84. The van der Waals surface area contributed by atoms with Crippen molar-refractivity contribution in [3.05, 3.63) is 85.2 Å². The number of carbonyl (C=O) groups is 1. The Hall–Kier alpha value is -3.03. The number of aryl methyl sites for hydroxylation is 2. The molecule has 3 heterocycles. The van der Waals surface area contributed by atoms with Crippen molar-refractivity contribution >= 4 is 44.9 Å². The summed E-state index contributed by atoms with van der Waals surface area (Å²) in [6, 6.07) is 10.0. The van der Waals surface area contributed by atoms with Gasteiger partial charge in [0.15, 0.2) is 5.43 Å². The van der Waals surface area contributed by atoms with Gasteiger partial charge in [-0.2, -0.15) is 0 Å². The number of hydrogen-bond donors (Lipinski definition) is 0. The first-order valence-electron chi connectivity index (χ1n) is 8.89. The van der Waals surface area contributed by atoms with Crippen LogP contribution >= 0.6 is 22.9 Å². The van der Waals surface area contributed by atoms with Crippen molar-refractivity contribution in [3.8, 4) is 0 Å². The number of rotatable bonds is 2. The highest BCUT2D eigenvalue weighted by atomic mass is 35.5. The van der Waals surface area contributed by atoms with Crippen molar-refractivity contribution in [1.29, 1.82) is 0 Å². The van der Waals surface area contributed by atoms with E-state index in [0.717, 1.165) is 16.7 Å². The number of nitrogens with zero attached hydrogens (tertiary/aromatic N) is 3. The maximum absolute atomic E-state index is 13.5. The Morgan fingerprint density at radius 3 is 2.52 bits per heavy atom. The van der Waals surface area contributed by atoms with Crippen LogP contribution in [0.25, 0.3) is 11.0 Å². The number of amides is 1. The second-order valence-electron chi connectivity index (χ2n) is 6.96. The Morgan fingerprint density at radius 1 is 1.10 bits per heavy atom. The average Bonchev–Trinajstić information content (AvgIpc) is 3.31. The predicted molar refractivity (Wildman–Crippen MR) is 112 cm³/mol. The molecule has 0 bridgehead atoms. The summed E-state index contributed by atoms with van der Waals surface area (Å²) in [6.45, 7) is 3.88. The van der Waals surface area contributed by atoms with Gasteiger partial charge in [0.25, 0.3) is 5.91 Å². The van der Waals surface area contributed by atoms with Gasteiger partial charge in [0.1, 0.15) is 11.1 Å². The Labute approximate surface area is 174 Å². The normalized spacial score (nSPS) is 15.9. The van der Waals surface area contributed by atoms with E-state index < -0.39 is 11.9 Å². The van der Waals surface area contributed by atoms with Crippen molar-refractivity contribution in [2.24, 2.45) is 0 Å². The second-order valence-corrected chi connectivity index (χ2v) is 8.21. The van der Waals surface area contributed by atoms with Crippen LogP contribution in [-0.4, -0.2) is 16.1 Å². The SMILES string of the molecule is Cc1cc2oc3c(c(=O)c2cc1C)C(c1ccc(Cl)cc1)N(c1nncs1)C3=O. The molecular weight excluding hydrogens is 410 g/mol. The molecule has 0 fully saturated rings. The molecule has 8 heteroatoms. The Kier molecular flexibility index (Phi) is 4.04. The molecule has 144 valence electrons. The molecule has 0 N–H and O–H groups in total. The highest BCUT2D eigenvalue weighted by Crippen LogP contribution is 2.41. The van der Waals surface area contributed by atoms with Crippen LogP contribution in [-0.2, 0) is 0 Å². The summed E-state index contributed by atoms with van der Waals surface area (Å²) in [5, 5.41) is 9.33. The van der Waals surface area contributed by atoms with Crippen LogP contribution in [0.4, 0.5) is 5.13 Å². The van der Waals surface area contributed by atoms with Crippen LogP contribution in [0.5, 0.6) is 0 Å². The number of anilines is 1. The lowest BCUT2D eigenvalue weighted by molar-refractivity contribution is 0.0970. The molecule has 0 saturated carbocycles. The van der Waals surface area contributed by atoms with Crippen molar-refractivity contribution in [2.75, 3.05) is 4.90 Å². The molecule has 0 radical (unpaired) electrons. The number of benzene rings is 2. The summed E-state index contributed by atoms with van der Waals surface area (Å²) in [7, 11) is 0. The van der Waals surface area contributed by atoms with Crippen LogP contribution < -0.4 is 10.3 Å². The molecule has 29 heavy (non-hydrogen) atoms. The van der Waals surface area contributed by atoms with E-state index in [1.807, 2.05) is 19.9 Å². The van der Waals surface area contributed by atoms with Gasteiger partial charge >= 0.3 is 0 Å². The summed E-state index contributed by atoms with van der Waals surface area (Å²) >= 11 is 7.27. The molecule has 1 aliphatic rings. The van der Waals surface area contributed by atoms with Gasteiger partial charge in [-0.3, -0.25) is 14.5 Å². The van der Waals surface area contributed by atoms with Gasteiger partial charge in [-0.25, -0.2) is 0 Å². The summed E-state index contributed by atoms with van der Waals surface area (Å²) in [6.07, 6.45) is 0. The average molecular weight is 424 g/mol. The molecule has 0 aliphatic carbocycles. The zero-order valence-electron chi connectivity index (χ0n) is 15.5. The first kappa shape index (κ1) is 18.0. The van der Waals surface area contributed by atoms with Crippen LogP contribution in [0, 0.1) is 13.8 Å². The van der Waals surface area contributed by atoms with Gasteiger partial charge in [0, 0.05) is 5.02 Å². The molecule has 0 saturated heterocycles. The maximum atomic E-state index is 13.5. The fraction of sp³-hybridized carbons (Fsp3) is 0.143. The highest BCUT2D eigenvalue weighted by molar-refractivity contribution is 7.13. The second kappa shape index (κ2) is 6.50. The molecule has 2 aromatic carbocycles. The quantitative estimate of drug-likeness (QED) is 0.468. The molecule has 1 amide bonds. The van der Waals surface area contributed by atoms with E-state index in [-0.39, 0.29) is 11.2 Å². The minimum atomic E-state index is -0.662. The summed E-state index contributed by atoms with van der Waals surface area (Å²) < 4.78 is 5.98. The molecule has 6 nitrogen and oxygen atoms in total. The monoisotopic (exact) mass is 423 g/mol. The third kappa shape index (κ3) is 2.69. The Bertz CT molecular complexity index is 1330. The van der Waals surface area contributed by atoms with Crippen molar-refractivity contribution in [2.45, 2.75) is 19.9 Å². The molecule has 4 aromatic rings. The minimum Gasteiger partial charge on any atom is -0.450 e. The van der Waals surface area contributed by atoms with Crippen molar-refractivity contribution in [3.63, 3.8) is 0 Å². The maximum Gasteiger partial charge on any atom is 0.297 e. The van der Waals surface area contributed by atoms with E-state index in [0.29, 0.717) is 26.7 Å². The van der Waals surface area contributed by atoms with Crippen molar-refractivity contribution in [1.82, 2.24) is 10.2 Å². The fourth-order valence-corrected chi connectivity index (χ4v) is 4.37. The number of halogens is 1. The van der Waals surface area contributed by atoms with E-state index in [9.17, 15) is 9.59 Å². The lowest BCUT2D eigenvalue weighted by Gasteiger charge is -2.22. The molecule has 5 rings (SSSR count). The lowest BCUT2D eigenvalue weighted by Crippen LogP contribution is -2.29. The zero-order chi connectivity index (χ0) is 20.3. The summed E-state index contributed by atoms with van der Waals surface area (Å²) in [4.78, 5) is 28.3. The van der Waals surface area contributed by atoms with Gasteiger partial charge in [-0.1, -0.05) is 35.1 Å². The predicted octanol–water partition coefficient (Wildman–Crippen LogP) is 4.66. The lowest BCUT2D eigenvalue weighted by atomic mass is 9.97. The van der Waals surface area contributed by atoms with Gasteiger partial charge in [0.2, 0.25) is 10.9 Å². The number of carbonyl (C=O) groups excluding carboxylic acids is 1. The van der Waals surface area contributed by atoms with Gasteiger partial charge in [-0.15, -0.1) is 10.2 Å². The number of hydrogen-bond acceptors (Lipinski definition) is 6. The molecular formula is C21H14ClN3O3S.